The third kappa shape index (κ3) is 6.22. The van der Waals surface area contributed by atoms with Crippen molar-refractivity contribution in [3.8, 4) is 5.75 Å². The second kappa shape index (κ2) is 11.0. The molecule has 0 aliphatic carbocycles. The van der Waals surface area contributed by atoms with Gasteiger partial charge in [0.2, 0.25) is 0 Å². The fraction of sp³-hybridized carbons (Fsp3) is 0.400. The standard InChI is InChI=1S/C20H26FN5O.HI/c1-16(27-18-7-5-6-17(21)14-18)15-24-20(22-2)26-12-10-25(11-13-26)19-8-3-4-9-23-19;/h3-9,14,16H,10-13,15H2,1-2H3,(H,22,24);1H. The van der Waals surface area contributed by atoms with E-state index in [0.717, 1.165) is 38.0 Å². The average Bonchev–Trinajstić information content (AvgIpc) is 2.69. The minimum atomic E-state index is -0.297. The Morgan fingerprint density at radius 1 is 1.21 bits per heavy atom. The van der Waals surface area contributed by atoms with Crippen LogP contribution in [0.4, 0.5) is 10.2 Å². The van der Waals surface area contributed by atoms with Crippen molar-refractivity contribution in [2.75, 3.05) is 44.7 Å². The van der Waals surface area contributed by atoms with Crippen LogP contribution in [0.5, 0.6) is 5.75 Å². The molecule has 2 aromatic rings. The highest BCUT2D eigenvalue weighted by atomic mass is 127. The first kappa shape index (κ1) is 22.2. The van der Waals surface area contributed by atoms with Gasteiger partial charge < -0.3 is 19.9 Å². The van der Waals surface area contributed by atoms with Crippen molar-refractivity contribution in [3.05, 3.63) is 54.5 Å². The van der Waals surface area contributed by atoms with Crippen molar-refractivity contribution in [2.24, 2.45) is 4.99 Å². The molecule has 1 aliphatic rings. The molecule has 28 heavy (non-hydrogen) atoms. The molecule has 2 heterocycles. The zero-order valence-corrected chi connectivity index (χ0v) is 18.5. The number of anilines is 1. The molecule has 3 rings (SSSR count). The number of benzene rings is 1. The Morgan fingerprint density at radius 3 is 2.64 bits per heavy atom. The van der Waals surface area contributed by atoms with Crippen molar-refractivity contribution < 1.29 is 9.13 Å². The summed E-state index contributed by atoms with van der Waals surface area (Å²) in [5.41, 5.74) is 0. The van der Waals surface area contributed by atoms with E-state index in [1.54, 1.807) is 19.2 Å². The molecule has 152 valence electrons. The summed E-state index contributed by atoms with van der Waals surface area (Å²) in [5.74, 6) is 2.10. The highest BCUT2D eigenvalue weighted by Crippen LogP contribution is 2.14. The molecule has 0 bridgehead atoms. The molecule has 1 saturated heterocycles. The predicted octanol–water partition coefficient (Wildman–Crippen LogP) is 3.00. The number of guanidine groups is 1. The van der Waals surface area contributed by atoms with Crippen molar-refractivity contribution in [3.63, 3.8) is 0 Å². The SMILES string of the molecule is CN=C(NCC(C)Oc1cccc(F)c1)N1CCN(c2ccccn2)CC1.I. The second-order valence-electron chi connectivity index (χ2n) is 6.48. The zero-order valence-electron chi connectivity index (χ0n) is 16.2. The van der Waals surface area contributed by atoms with Crippen molar-refractivity contribution >= 4 is 35.8 Å². The maximum atomic E-state index is 13.3. The fourth-order valence-electron chi connectivity index (χ4n) is 3.07. The molecule has 0 spiro atoms. The van der Waals surface area contributed by atoms with Crippen LogP contribution >= 0.6 is 24.0 Å². The highest BCUT2D eigenvalue weighted by molar-refractivity contribution is 14.0. The summed E-state index contributed by atoms with van der Waals surface area (Å²) in [6.07, 6.45) is 1.71. The van der Waals surface area contributed by atoms with Gasteiger partial charge in [0.05, 0.1) is 6.54 Å². The lowest BCUT2D eigenvalue weighted by atomic mass is 10.3. The summed E-state index contributed by atoms with van der Waals surface area (Å²) >= 11 is 0. The number of aliphatic imine (C=N–C) groups is 1. The summed E-state index contributed by atoms with van der Waals surface area (Å²) in [7, 11) is 1.78. The number of pyridine rings is 1. The molecule has 1 unspecified atom stereocenters. The van der Waals surface area contributed by atoms with Gasteiger partial charge in [0.1, 0.15) is 23.5 Å². The van der Waals surface area contributed by atoms with Crippen LogP contribution in [0.3, 0.4) is 0 Å². The molecule has 1 atom stereocenters. The number of ether oxygens (including phenoxy) is 1. The number of piperazine rings is 1. The lowest BCUT2D eigenvalue weighted by Crippen LogP contribution is -2.53. The lowest BCUT2D eigenvalue weighted by molar-refractivity contribution is 0.220. The van der Waals surface area contributed by atoms with E-state index in [2.05, 4.69) is 25.1 Å². The van der Waals surface area contributed by atoms with Crippen molar-refractivity contribution in [1.82, 2.24) is 15.2 Å². The number of aromatic nitrogens is 1. The number of rotatable bonds is 5. The van der Waals surface area contributed by atoms with Gasteiger partial charge in [0.15, 0.2) is 5.96 Å². The largest absolute Gasteiger partial charge is 0.489 e. The number of hydrogen-bond acceptors (Lipinski definition) is 4. The number of halogens is 2. The van der Waals surface area contributed by atoms with Crippen LogP contribution in [0.1, 0.15) is 6.92 Å². The Morgan fingerprint density at radius 2 is 2.00 bits per heavy atom. The van der Waals surface area contributed by atoms with E-state index in [1.807, 2.05) is 31.3 Å². The first-order chi connectivity index (χ1) is 13.2. The predicted molar refractivity (Wildman–Crippen MR) is 121 cm³/mol. The van der Waals surface area contributed by atoms with E-state index in [-0.39, 0.29) is 35.9 Å². The minimum absolute atomic E-state index is 0. The van der Waals surface area contributed by atoms with E-state index in [4.69, 9.17) is 4.74 Å². The molecular weight excluding hydrogens is 472 g/mol. The average molecular weight is 499 g/mol. The normalized spacial score (nSPS) is 15.6. The van der Waals surface area contributed by atoms with Crippen LogP contribution < -0.4 is 15.0 Å². The molecule has 0 amide bonds. The Kier molecular flexibility index (Phi) is 8.75. The molecule has 1 aromatic heterocycles. The fourth-order valence-corrected chi connectivity index (χ4v) is 3.07. The topological polar surface area (TPSA) is 53.0 Å². The molecule has 1 N–H and O–H groups in total. The molecule has 0 saturated carbocycles. The van der Waals surface area contributed by atoms with Gasteiger partial charge in [-0.05, 0) is 31.2 Å². The zero-order chi connectivity index (χ0) is 19.1. The van der Waals surface area contributed by atoms with Gasteiger partial charge in [-0.2, -0.15) is 0 Å². The van der Waals surface area contributed by atoms with Gasteiger partial charge in [-0.15, -0.1) is 24.0 Å². The number of nitrogens with zero attached hydrogens (tertiary/aromatic N) is 4. The second-order valence-corrected chi connectivity index (χ2v) is 6.48. The van der Waals surface area contributed by atoms with Gasteiger partial charge in [0, 0.05) is 45.5 Å². The third-order valence-electron chi connectivity index (χ3n) is 4.45. The number of nitrogens with one attached hydrogen (secondary N) is 1. The van der Waals surface area contributed by atoms with Gasteiger partial charge in [-0.3, -0.25) is 4.99 Å². The first-order valence-electron chi connectivity index (χ1n) is 9.19. The lowest BCUT2D eigenvalue weighted by Gasteiger charge is -2.37. The summed E-state index contributed by atoms with van der Waals surface area (Å²) in [6.45, 7) is 6.07. The Labute approximate surface area is 182 Å². The molecule has 6 nitrogen and oxygen atoms in total. The molecule has 1 fully saturated rings. The molecule has 1 aliphatic heterocycles. The maximum absolute atomic E-state index is 13.3. The minimum Gasteiger partial charge on any atom is -0.489 e. The van der Waals surface area contributed by atoms with Gasteiger partial charge in [0.25, 0.3) is 0 Å². The quantitative estimate of drug-likeness (QED) is 0.390. The van der Waals surface area contributed by atoms with E-state index in [1.165, 1.54) is 12.1 Å². The van der Waals surface area contributed by atoms with Gasteiger partial charge in [-0.25, -0.2) is 9.37 Å². The van der Waals surface area contributed by atoms with Crippen molar-refractivity contribution in [2.45, 2.75) is 13.0 Å². The summed E-state index contributed by atoms with van der Waals surface area (Å²) in [4.78, 5) is 13.3. The molecule has 0 radical (unpaired) electrons. The summed E-state index contributed by atoms with van der Waals surface area (Å²) in [5, 5.41) is 3.35. The van der Waals surface area contributed by atoms with E-state index in [9.17, 15) is 4.39 Å². The molecular formula is C20H27FIN5O. The Bertz CT molecular complexity index is 753. The monoisotopic (exact) mass is 499 g/mol. The van der Waals surface area contributed by atoms with Crippen molar-refractivity contribution in [1.29, 1.82) is 0 Å². The van der Waals surface area contributed by atoms with Crippen LogP contribution in [0, 0.1) is 5.82 Å². The maximum Gasteiger partial charge on any atom is 0.193 e. The van der Waals surface area contributed by atoms with E-state index in [0.29, 0.717) is 12.3 Å². The Balaban J connectivity index is 0.00000280. The van der Waals surface area contributed by atoms with Crippen LogP contribution in [-0.4, -0.2) is 61.7 Å². The third-order valence-corrected chi connectivity index (χ3v) is 4.45. The van der Waals surface area contributed by atoms with Gasteiger partial charge >= 0.3 is 0 Å². The van der Waals surface area contributed by atoms with Crippen LogP contribution in [0.2, 0.25) is 0 Å². The summed E-state index contributed by atoms with van der Waals surface area (Å²) < 4.78 is 19.0. The highest BCUT2D eigenvalue weighted by Gasteiger charge is 2.20. The van der Waals surface area contributed by atoms with Crippen LogP contribution in [-0.2, 0) is 0 Å². The smallest absolute Gasteiger partial charge is 0.193 e. The summed E-state index contributed by atoms with van der Waals surface area (Å²) in [6, 6.07) is 12.2. The number of hydrogen-bond donors (Lipinski definition) is 1. The first-order valence-corrected chi connectivity index (χ1v) is 9.19. The molecule has 8 heteroatoms. The van der Waals surface area contributed by atoms with Crippen LogP contribution in [0.15, 0.2) is 53.7 Å². The van der Waals surface area contributed by atoms with Gasteiger partial charge in [-0.1, -0.05) is 12.1 Å². The van der Waals surface area contributed by atoms with E-state index < -0.39 is 0 Å². The molecule has 1 aromatic carbocycles. The van der Waals surface area contributed by atoms with E-state index >= 15 is 0 Å². The Hall–Kier alpha value is -2.10. The van der Waals surface area contributed by atoms with Crippen LogP contribution in [0.25, 0.3) is 0 Å².